The van der Waals surface area contributed by atoms with Crippen molar-refractivity contribution in [3.8, 4) is 0 Å². The lowest BCUT2D eigenvalue weighted by atomic mass is 9.61. The topological polar surface area (TPSA) is 63.6 Å². The molecule has 0 radical (unpaired) electrons. The lowest BCUT2D eigenvalue weighted by Gasteiger charge is -2.41. The summed E-state index contributed by atoms with van der Waals surface area (Å²) in [6.07, 6.45) is -0.305. The molecule has 0 unspecified atom stereocenters. The van der Waals surface area contributed by atoms with Crippen molar-refractivity contribution in [1.82, 2.24) is 0 Å². The molecule has 2 bridgehead atoms. The number of carboxylic acids is 1. The molecule has 0 spiro atoms. The summed E-state index contributed by atoms with van der Waals surface area (Å²) in [5.74, 6) is -2.43. The Bertz CT molecular complexity index is 875. The van der Waals surface area contributed by atoms with Gasteiger partial charge in [-0.05, 0) is 36.1 Å². The number of carbonyl (C=O) groups excluding carboxylic acids is 1. The van der Waals surface area contributed by atoms with E-state index in [2.05, 4.69) is 0 Å². The number of benzene rings is 2. The van der Waals surface area contributed by atoms with Crippen molar-refractivity contribution in [3.05, 3.63) is 81.9 Å². The third kappa shape index (κ3) is 2.21. The summed E-state index contributed by atoms with van der Waals surface area (Å²) in [6.45, 7) is 3.53. The Kier molecular flexibility index (Phi) is 3.49. The third-order valence-corrected chi connectivity index (χ3v) is 4.90. The van der Waals surface area contributed by atoms with Gasteiger partial charge in [0, 0.05) is 11.8 Å². The molecule has 2 aromatic rings. The molecule has 126 valence electrons. The van der Waals surface area contributed by atoms with Crippen molar-refractivity contribution in [3.63, 3.8) is 0 Å². The minimum absolute atomic E-state index is 0.146. The molecule has 0 heterocycles. The van der Waals surface area contributed by atoms with E-state index in [0.29, 0.717) is 0 Å². The van der Waals surface area contributed by atoms with Gasteiger partial charge < -0.3 is 9.84 Å². The molecule has 0 fully saturated rings. The molecule has 4 nitrogen and oxygen atoms in total. The highest BCUT2D eigenvalue weighted by atomic mass is 16.5. The van der Waals surface area contributed by atoms with Crippen molar-refractivity contribution >= 4 is 11.9 Å². The maximum Gasteiger partial charge on any atom is 0.335 e. The molecule has 3 aliphatic rings. The minimum atomic E-state index is -1.06. The molecule has 0 aliphatic heterocycles. The Morgan fingerprint density at radius 1 is 0.840 bits per heavy atom. The summed E-state index contributed by atoms with van der Waals surface area (Å²) < 4.78 is 5.39. The number of carboxylic acid groups (broad SMARTS) is 1. The highest BCUT2D eigenvalue weighted by molar-refractivity contribution is 6.05. The number of esters is 1. The van der Waals surface area contributed by atoms with Crippen molar-refractivity contribution in [2.45, 2.75) is 31.8 Å². The number of rotatable bonds is 3. The van der Waals surface area contributed by atoms with E-state index in [9.17, 15) is 14.7 Å². The van der Waals surface area contributed by atoms with Crippen molar-refractivity contribution in [1.29, 1.82) is 0 Å². The number of aliphatic carboxylic acids is 1. The van der Waals surface area contributed by atoms with E-state index in [4.69, 9.17) is 4.74 Å². The van der Waals surface area contributed by atoms with Crippen LogP contribution in [0.1, 0.15) is 47.9 Å². The second kappa shape index (κ2) is 5.59. The first kappa shape index (κ1) is 15.6. The second-order valence-corrected chi connectivity index (χ2v) is 6.71. The standard InChI is InChI=1S/C21H18O4/c1-11(2)25-21(24)19-17-14-9-5-3-7-12(14)16(18(19)20(22)23)13-8-4-6-10-15(13)17/h3-11,16-17H,1-2H3,(H,22,23). The van der Waals surface area contributed by atoms with E-state index >= 15 is 0 Å². The first-order valence-corrected chi connectivity index (χ1v) is 8.36. The summed E-state index contributed by atoms with van der Waals surface area (Å²) >= 11 is 0. The Morgan fingerprint density at radius 3 is 1.60 bits per heavy atom. The summed E-state index contributed by atoms with van der Waals surface area (Å²) in [7, 11) is 0. The monoisotopic (exact) mass is 334 g/mol. The van der Waals surface area contributed by atoms with Crippen LogP contribution in [-0.2, 0) is 14.3 Å². The molecular formula is C21H18O4. The van der Waals surface area contributed by atoms with E-state index in [1.807, 2.05) is 48.5 Å². The molecule has 0 atom stereocenters. The highest BCUT2D eigenvalue weighted by Crippen LogP contribution is 2.55. The van der Waals surface area contributed by atoms with Gasteiger partial charge in [-0.3, -0.25) is 0 Å². The minimum Gasteiger partial charge on any atom is -0.478 e. The zero-order chi connectivity index (χ0) is 17.7. The van der Waals surface area contributed by atoms with Gasteiger partial charge in [-0.1, -0.05) is 48.5 Å². The number of hydrogen-bond donors (Lipinski definition) is 1. The normalized spacial score (nSPS) is 20.3. The van der Waals surface area contributed by atoms with E-state index in [-0.39, 0.29) is 17.3 Å². The predicted molar refractivity (Wildman–Crippen MR) is 92.5 cm³/mol. The molecule has 2 aromatic carbocycles. The van der Waals surface area contributed by atoms with Gasteiger partial charge in [-0.25, -0.2) is 9.59 Å². The largest absolute Gasteiger partial charge is 0.478 e. The van der Waals surface area contributed by atoms with Crippen molar-refractivity contribution in [2.75, 3.05) is 0 Å². The number of hydrogen-bond acceptors (Lipinski definition) is 3. The first-order chi connectivity index (χ1) is 12.0. The molecule has 0 saturated carbocycles. The van der Waals surface area contributed by atoms with E-state index in [1.165, 1.54) is 0 Å². The molecule has 0 amide bonds. The number of ether oxygens (including phenoxy) is 1. The van der Waals surface area contributed by atoms with Gasteiger partial charge in [0.25, 0.3) is 0 Å². The van der Waals surface area contributed by atoms with Crippen LogP contribution in [0.2, 0.25) is 0 Å². The lowest BCUT2D eigenvalue weighted by Crippen LogP contribution is -2.35. The van der Waals surface area contributed by atoms with E-state index in [1.54, 1.807) is 13.8 Å². The van der Waals surface area contributed by atoms with Gasteiger partial charge in [0.15, 0.2) is 0 Å². The van der Waals surface area contributed by atoms with Gasteiger partial charge in [-0.2, -0.15) is 0 Å². The van der Waals surface area contributed by atoms with E-state index in [0.717, 1.165) is 22.3 Å². The Morgan fingerprint density at radius 2 is 1.24 bits per heavy atom. The Balaban J connectivity index is 2.01. The van der Waals surface area contributed by atoms with Crippen LogP contribution < -0.4 is 0 Å². The first-order valence-electron chi connectivity index (χ1n) is 8.36. The fraction of sp³-hybridized carbons (Fsp3) is 0.238. The smallest absolute Gasteiger partial charge is 0.335 e. The molecule has 5 rings (SSSR count). The van der Waals surface area contributed by atoms with Crippen LogP contribution in [0.3, 0.4) is 0 Å². The van der Waals surface area contributed by atoms with Gasteiger partial charge in [-0.15, -0.1) is 0 Å². The third-order valence-electron chi connectivity index (χ3n) is 4.90. The average molecular weight is 334 g/mol. The van der Waals surface area contributed by atoms with Crippen LogP contribution in [0.5, 0.6) is 0 Å². The zero-order valence-electron chi connectivity index (χ0n) is 14.0. The van der Waals surface area contributed by atoms with Crippen LogP contribution in [0, 0.1) is 0 Å². The van der Waals surface area contributed by atoms with Crippen LogP contribution >= 0.6 is 0 Å². The zero-order valence-corrected chi connectivity index (χ0v) is 14.0. The van der Waals surface area contributed by atoms with Gasteiger partial charge >= 0.3 is 11.9 Å². The highest BCUT2D eigenvalue weighted by Gasteiger charge is 2.47. The number of carbonyl (C=O) groups is 2. The fourth-order valence-corrected chi connectivity index (χ4v) is 4.09. The quantitative estimate of drug-likeness (QED) is 0.871. The summed E-state index contributed by atoms with van der Waals surface area (Å²) in [4.78, 5) is 24.9. The second-order valence-electron chi connectivity index (χ2n) is 6.71. The molecular weight excluding hydrogens is 316 g/mol. The van der Waals surface area contributed by atoms with Crippen LogP contribution in [-0.4, -0.2) is 23.1 Å². The SMILES string of the molecule is CC(C)OC(=O)C1=C(C(=O)O)C2c3ccccc3C1c1ccccc12. The van der Waals surface area contributed by atoms with Crippen LogP contribution in [0.25, 0.3) is 0 Å². The molecule has 4 heteroatoms. The van der Waals surface area contributed by atoms with Crippen molar-refractivity contribution < 1.29 is 19.4 Å². The van der Waals surface area contributed by atoms with Gasteiger partial charge in [0.05, 0.1) is 17.3 Å². The van der Waals surface area contributed by atoms with E-state index < -0.39 is 23.8 Å². The lowest BCUT2D eigenvalue weighted by molar-refractivity contribution is -0.144. The van der Waals surface area contributed by atoms with Gasteiger partial charge in [0.1, 0.15) is 0 Å². The summed E-state index contributed by atoms with van der Waals surface area (Å²) in [5, 5.41) is 9.90. The Labute approximate surface area is 145 Å². The fourth-order valence-electron chi connectivity index (χ4n) is 4.09. The van der Waals surface area contributed by atoms with Gasteiger partial charge in [0.2, 0.25) is 0 Å². The summed E-state index contributed by atoms with van der Waals surface area (Å²) in [5.41, 5.74) is 4.32. The molecule has 1 N–H and O–H groups in total. The van der Waals surface area contributed by atoms with Crippen LogP contribution in [0.4, 0.5) is 0 Å². The maximum atomic E-state index is 12.8. The van der Waals surface area contributed by atoms with Crippen molar-refractivity contribution in [2.24, 2.45) is 0 Å². The molecule has 0 saturated heterocycles. The Hall–Kier alpha value is -2.88. The maximum absolute atomic E-state index is 12.8. The van der Waals surface area contributed by atoms with Crippen LogP contribution in [0.15, 0.2) is 59.7 Å². The molecule has 25 heavy (non-hydrogen) atoms. The molecule has 0 aromatic heterocycles. The predicted octanol–water partition coefficient (Wildman–Crippen LogP) is 3.61. The average Bonchev–Trinajstić information content (AvgIpc) is 2.60. The summed E-state index contributed by atoms with van der Waals surface area (Å²) in [6, 6.07) is 15.5. The molecule has 3 aliphatic carbocycles.